The molecule has 1 heterocycles. The fraction of sp³-hybridized carbons (Fsp3) is 0.462. The Balaban J connectivity index is 1.81. The lowest BCUT2D eigenvalue weighted by molar-refractivity contribution is 0.190. The van der Waals surface area contributed by atoms with Crippen LogP contribution in [0.4, 0.5) is 4.79 Å². The van der Waals surface area contributed by atoms with Crippen molar-refractivity contribution in [2.24, 2.45) is 0 Å². The zero-order valence-corrected chi connectivity index (χ0v) is 10.2. The van der Waals surface area contributed by atoms with Gasteiger partial charge in [0.1, 0.15) is 0 Å². The van der Waals surface area contributed by atoms with Gasteiger partial charge in [0.25, 0.3) is 0 Å². The van der Waals surface area contributed by atoms with Gasteiger partial charge in [0.15, 0.2) is 0 Å². The lowest BCUT2D eigenvalue weighted by Crippen LogP contribution is -2.50. The number of aryl methyl sites for hydroxylation is 1. The molecule has 2 rings (SSSR count). The molecule has 17 heavy (non-hydrogen) atoms. The summed E-state index contributed by atoms with van der Waals surface area (Å²) in [6, 6.07) is 8.26. The number of carbonyl (C=O) groups is 1. The van der Waals surface area contributed by atoms with Gasteiger partial charge >= 0.3 is 6.03 Å². The molecule has 0 aromatic heterocycles. The highest BCUT2D eigenvalue weighted by Gasteiger charge is 2.15. The summed E-state index contributed by atoms with van der Waals surface area (Å²) in [7, 11) is 0. The highest BCUT2D eigenvalue weighted by Crippen LogP contribution is 2.03. The Hall–Kier alpha value is -1.55. The number of nitrogens with one attached hydrogen (secondary N) is 2. The molecule has 1 fully saturated rings. The molecule has 1 aromatic carbocycles. The third-order valence-corrected chi connectivity index (χ3v) is 2.97. The van der Waals surface area contributed by atoms with Crippen LogP contribution in [0.15, 0.2) is 24.3 Å². The molecule has 4 nitrogen and oxygen atoms in total. The Bertz CT molecular complexity index is 369. The Morgan fingerprint density at radius 2 is 1.94 bits per heavy atom. The molecule has 4 heteroatoms. The van der Waals surface area contributed by atoms with E-state index in [-0.39, 0.29) is 6.03 Å². The Labute approximate surface area is 102 Å². The van der Waals surface area contributed by atoms with Crippen molar-refractivity contribution in [3.8, 4) is 0 Å². The van der Waals surface area contributed by atoms with E-state index in [1.165, 1.54) is 5.56 Å². The topological polar surface area (TPSA) is 44.4 Å². The van der Waals surface area contributed by atoms with E-state index in [9.17, 15) is 4.79 Å². The van der Waals surface area contributed by atoms with Crippen LogP contribution < -0.4 is 10.6 Å². The number of nitrogens with zero attached hydrogens (tertiary/aromatic N) is 1. The molecule has 1 aromatic rings. The van der Waals surface area contributed by atoms with Gasteiger partial charge in [-0.05, 0) is 12.5 Å². The lowest BCUT2D eigenvalue weighted by Gasteiger charge is -2.27. The summed E-state index contributed by atoms with van der Waals surface area (Å²) in [5, 5.41) is 6.18. The molecular formula is C13H19N3O. The molecule has 92 valence electrons. The van der Waals surface area contributed by atoms with Crippen LogP contribution in [0.5, 0.6) is 0 Å². The number of rotatable bonds is 2. The van der Waals surface area contributed by atoms with E-state index >= 15 is 0 Å². The summed E-state index contributed by atoms with van der Waals surface area (Å²) in [6.07, 6.45) is 0. The fourth-order valence-electron chi connectivity index (χ4n) is 1.86. The van der Waals surface area contributed by atoms with E-state index in [0.29, 0.717) is 6.54 Å². The van der Waals surface area contributed by atoms with E-state index in [2.05, 4.69) is 29.7 Å². The summed E-state index contributed by atoms with van der Waals surface area (Å²) >= 11 is 0. The first-order valence-electron chi connectivity index (χ1n) is 6.05. The summed E-state index contributed by atoms with van der Waals surface area (Å²) in [6.45, 7) is 6.02. The first kappa shape index (κ1) is 11.9. The molecule has 1 aliphatic rings. The number of carbonyl (C=O) groups excluding carboxylic acids is 1. The van der Waals surface area contributed by atoms with Crippen LogP contribution in [0.1, 0.15) is 11.1 Å². The predicted molar refractivity (Wildman–Crippen MR) is 67.9 cm³/mol. The van der Waals surface area contributed by atoms with Crippen molar-refractivity contribution in [3.63, 3.8) is 0 Å². The smallest absolute Gasteiger partial charge is 0.317 e. The molecule has 0 aliphatic carbocycles. The third-order valence-electron chi connectivity index (χ3n) is 2.97. The molecule has 0 radical (unpaired) electrons. The van der Waals surface area contributed by atoms with Crippen LogP contribution in [0.3, 0.4) is 0 Å². The van der Waals surface area contributed by atoms with Gasteiger partial charge in [0.2, 0.25) is 0 Å². The summed E-state index contributed by atoms with van der Waals surface area (Å²) in [4.78, 5) is 13.7. The monoisotopic (exact) mass is 233 g/mol. The van der Waals surface area contributed by atoms with E-state index in [1.54, 1.807) is 0 Å². The summed E-state index contributed by atoms with van der Waals surface area (Å²) in [5.74, 6) is 0. The normalized spacial score (nSPS) is 15.7. The van der Waals surface area contributed by atoms with Crippen molar-refractivity contribution in [3.05, 3.63) is 35.4 Å². The Kier molecular flexibility index (Phi) is 3.98. The van der Waals surface area contributed by atoms with Crippen LogP contribution >= 0.6 is 0 Å². The van der Waals surface area contributed by atoms with Crippen LogP contribution in [-0.4, -0.2) is 37.1 Å². The molecule has 0 unspecified atom stereocenters. The standard InChI is InChI=1S/C13H19N3O/c1-11-2-4-12(5-3-11)10-15-13(17)16-8-6-14-7-9-16/h2-5,14H,6-10H2,1H3,(H,15,17). The fourth-order valence-corrected chi connectivity index (χ4v) is 1.86. The maximum absolute atomic E-state index is 11.8. The maximum Gasteiger partial charge on any atom is 0.317 e. The van der Waals surface area contributed by atoms with Crippen molar-refractivity contribution < 1.29 is 4.79 Å². The Morgan fingerprint density at radius 3 is 2.59 bits per heavy atom. The van der Waals surface area contributed by atoms with Crippen molar-refractivity contribution in [2.45, 2.75) is 13.5 Å². The van der Waals surface area contributed by atoms with Gasteiger partial charge in [-0.2, -0.15) is 0 Å². The van der Waals surface area contributed by atoms with Crippen molar-refractivity contribution >= 4 is 6.03 Å². The first-order chi connectivity index (χ1) is 8.25. The van der Waals surface area contributed by atoms with E-state index < -0.39 is 0 Å². The van der Waals surface area contributed by atoms with Crippen molar-refractivity contribution in [2.75, 3.05) is 26.2 Å². The van der Waals surface area contributed by atoms with Gasteiger partial charge in [-0.15, -0.1) is 0 Å². The second kappa shape index (κ2) is 5.68. The number of urea groups is 1. The molecule has 2 amide bonds. The molecule has 2 N–H and O–H groups in total. The minimum Gasteiger partial charge on any atom is -0.334 e. The molecule has 0 saturated carbocycles. The highest BCUT2D eigenvalue weighted by molar-refractivity contribution is 5.74. The molecule has 0 spiro atoms. The molecule has 1 saturated heterocycles. The average Bonchev–Trinajstić information content (AvgIpc) is 2.39. The predicted octanol–water partition coefficient (Wildman–Crippen LogP) is 1.11. The van der Waals surface area contributed by atoms with Crippen LogP contribution in [0.2, 0.25) is 0 Å². The summed E-state index contributed by atoms with van der Waals surface area (Å²) in [5.41, 5.74) is 2.38. The maximum atomic E-state index is 11.8. The largest absolute Gasteiger partial charge is 0.334 e. The zero-order chi connectivity index (χ0) is 12.1. The van der Waals surface area contributed by atoms with Crippen LogP contribution in [-0.2, 0) is 6.54 Å². The van der Waals surface area contributed by atoms with Gasteiger partial charge in [-0.25, -0.2) is 4.79 Å². The average molecular weight is 233 g/mol. The van der Waals surface area contributed by atoms with Gasteiger partial charge in [0.05, 0.1) is 0 Å². The van der Waals surface area contributed by atoms with Crippen molar-refractivity contribution in [1.82, 2.24) is 15.5 Å². The SMILES string of the molecule is Cc1ccc(CNC(=O)N2CCNCC2)cc1. The zero-order valence-electron chi connectivity index (χ0n) is 10.2. The van der Waals surface area contributed by atoms with E-state index in [1.807, 2.05) is 17.0 Å². The summed E-state index contributed by atoms with van der Waals surface area (Å²) < 4.78 is 0. The van der Waals surface area contributed by atoms with Crippen LogP contribution in [0.25, 0.3) is 0 Å². The number of hydrogen-bond donors (Lipinski definition) is 2. The number of hydrogen-bond acceptors (Lipinski definition) is 2. The second-order valence-corrected chi connectivity index (χ2v) is 4.38. The third kappa shape index (κ3) is 3.46. The minimum absolute atomic E-state index is 0.0343. The molecule has 1 aliphatic heterocycles. The lowest BCUT2D eigenvalue weighted by atomic mass is 10.1. The van der Waals surface area contributed by atoms with Gasteiger partial charge in [-0.3, -0.25) is 0 Å². The second-order valence-electron chi connectivity index (χ2n) is 4.38. The van der Waals surface area contributed by atoms with Gasteiger partial charge in [-0.1, -0.05) is 29.8 Å². The first-order valence-corrected chi connectivity index (χ1v) is 6.05. The number of amides is 2. The minimum atomic E-state index is 0.0343. The van der Waals surface area contributed by atoms with E-state index in [0.717, 1.165) is 31.7 Å². The van der Waals surface area contributed by atoms with Crippen LogP contribution in [0, 0.1) is 6.92 Å². The van der Waals surface area contributed by atoms with Gasteiger partial charge < -0.3 is 15.5 Å². The number of piperazine rings is 1. The molecular weight excluding hydrogens is 214 g/mol. The van der Waals surface area contributed by atoms with Crippen molar-refractivity contribution in [1.29, 1.82) is 0 Å². The quantitative estimate of drug-likeness (QED) is 0.803. The van der Waals surface area contributed by atoms with E-state index in [4.69, 9.17) is 0 Å². The van der Waals surface area contributed by atoms with Gasteiger partial charge in [0, 0.05) is 32.7 Å². The Morgan fingerprint density at radius 1 is 1.29 bits per heavy atom. The number of benzene rings is 1. The molecule has 0 bridgehead atoms. The molecule has 0 atom stereocenters. The highest BCUT2D eigenvalue weighted by atomic mass is 16.2.